The lowest BCUT2D eigenvalue weighted by atomic mass is 10.0. The maximum Gasteiger partial charge on any atom is 0.106 e. The maximum atomic E-state index is 8.89. The molecule has 1 atom stereocenters. The highest BCUT2D eigenvalue weighted by Crippen LogP contribution is 2.08. The van der Waals surface area contributed by atoms with Crippen LogP contribution in [0, 0.1) is 5.92 Å². The summed E-state index contributed by atoms with van der Waals surface area (Å²) in [5.41, 5.74) is 0. The lowest BCUT2D eigenvalue weighted by molar-refractivity contribution is 0.244. The quantitative estimate of drug-likeness (QED) is 0.756. The van der Waals surface area contributed by atoms with Crippen LogP contribution in [0.15, 0.2) is 11.6 Å². The molecule has 1 aromatic rings. The topological polar surface area (TPSA) is 45.1 Å². The van der Waals surface area contributed by atoms with Gasteiger partial charge in [0, 0.05) is 30.8 Å². The minimum absolute atomic E-state index is 0.244. The van der Waals surface area contributed by atoms with Crippen molar-refractivity contribution in [2.75, 3.05) is 6.61 Å². The summed E-state index contributed by atoms with van der Waals surface area (Å²) >= 11 is 1.66. The third-order valence-electron chi connectivity index (χ3n) is 2.24. The smallest absolute Gasteiger partial charge is 0.106 e. The highest BCUT2D eigenvalue weighted by atomic mass is 32.1. The molecule has 0 amide bonds. The van der Waals surface area contributed by atoms with E-state index in [0.717, 1.165) is 18.0 Å². The van der Waals surface area contributed by atoms with Crippen molar-refractivity contribution in [3.63, 3.8) is 0 Å². The van der Waals surface area contributed by atoms with Crippen LogP contribution >= 0.6 is 11.3 Å². The maximum absolute atomic E-state index is 8.89. The number of aromatic nitrogens is 1. The fourth-order valence-electron chi connectivity index (χ4n) is 1.37. The first-order valence-corrected chi connectivity index (χ1v) is 5.84. The van der Waals surface area contributed by atoms with Crippen molar-refractivity contribution < 1.29 is 5.11 Å². The Morgan fingerprint density at radius 3 is 2.86 bits per heavy atom. The number of aliphatic hydroxyl groups excluding tert-OH is 1. The molecule has 0 aliphatic carbocycles. The predicted molar refractivity (Wildman–Crippen MR) is 59.3 cm³/mol. The van der Waals surface area contributed by atoms with Crippen molar-refractivity contribution >= 4 is 11.3 Å². The van der Waals surface area contributed by atoms with Gasteiger partial charge in [-0.05, 0) is 12.3 Å². The summed E-state index contributed by atoms with van der Waals surface area (Å²) < 4.78 is 0. The summed E-state index contributed by atoms with van der Waals surface area (Å²) in [7, 11) is 0. The molecule has 1 heterocycles. The van der Waals surface area contributed by atoms with Gasteiger partial charge in [0.15, 0.2) is 0 Å². The van der Waals surface area contributed by atoms with Crippen LogP contribution in [0.1, 0.15) is 25.3 Å². The zero-order chi connectivity index (χ0) is 10.4. The lowest BCUT2D eigenvalue weighted by Gasteiger charge is -2.20. The SMILES string of the molecule is CC(C)C(CCO)NCc1nccs1. The van der Waals surface area contributed by atoms with Gasteiger partial charge >= 0.3 is 0 Å². The van der Waals surface area contributed by atoms with E-state index in [0.29, 0.717) is 12.0 Å². The fraction of sp³-hybridized carbons (Fsp3) is 0.700. The molecule has 1 unspecified atom stereocenters. The zero-order valence-corrected chi connectivity index (χ0v) is 9.55. The Balaban J connectivity index is 2.33. The van der Waals surface area contributed by atoms with E-state index in [9.17, 15) is 0 Å². The molecule has 0 aromatic carbocycles. The molecule has 0 aliphatic heterocycles. The molecule has 0 bridgehead atoms. The summed E-state index contributed by atoms with van der Waals surface area (Å²) in [5.74, 6) is 0.544. The van der Waals surface area contributed by atoms with Gasteiger partial charge in [0.25, 0.3) is 0 Å². The van der Waals surface area contributed by atoms with E-state index in [2.05, 4.69) is 24.1 Å². The summed E-state index contributed by atoms with van der Waals surface area (Å²) in [4.78, 5) is 4.20. The Hall–Kier alpha value is -0.450. The molecule has 0 fully saturated rings. The molecule has 1 rings (SSSR count). The Kier molecular flexibility index (Phi) is 5.07. The van der Waals surface area contributed by atoms with Crippen molar-refractivity contribution in [2.45, 2.75) is 32.9 Å². The average molecular weight is 214 g/mol. The van der Waals surface area contributed by atoms with Gasteiger partial charge < -0.3 is 10.4 Å². The minimum atomic E-state index is 0.244. The average Bonchev–Trinajstić information content (AvgIpc) is 2.64. The van der Waals surface area contributed by atoms with Crippen molar-refractivity contribution in [2.24, 2.45) is 5.92 Å². The van der Waals surface area contributed by atoms with Gasteiger partial charge in [0.1, 0.15) is 5.01 Å². The molecule has 4 heteroatoms. The summed E-state index contributed by atoms with van der Waals surface area (Å²) in [6.07, 6.45) is 2.63. The number of rotatable bonds is 6. The summed E-state index contributed by atoms with van der Waals surface area (Å²) in [6, 6.07) is 0.379. The molecule has 2 N–H and O–H groups in total. The molecule has 80 valence electrons. The van der Waals surface area contributed by atoms with Crippen LogP contribution in [0.2, 0.25) is 0 Å². The zero-order valence-electron chi connectivity index (χ0n) is 8.73. The first-order valence-electron chi connectivity index (χ1n) is 4.96. The van der Waals surface area contributed by atoms with Gasteiger partial charge in [-0.3, -0.25) is 0 Å². The highest BCUT2D eigenvalue weighted by molar-refractivity contribution is 7.09. The lowest BCUT2D eigenvalue weighted by Crippen LogP contribution is -2.34. The van der Waals surface area contributed by atoms with Gasteiger partial charge in [0.05, 0.1) is 0 Å². The van der Waals surface area contributed by atoms with Crippen LogP contribution in [-0.4, -0.2) is 22.7 Å². The molecular formula is C10H18N2OS. The van der Waals surface area contributed by atoms with E-state index < -0.39 is 0 Å². The van der Waals surface area contributed by atoms with Gasteiger partial charge in [-0.15, -0.1) is 11.3 Å². The number of nitrogens with one attached hydrogen (secondary N) is 1. The third kappa shape index (κ3) is 3.74. The molecule has 0 spiro atoms. The Morgan fingerprint density at radius 2 is 2.36 bits per heavy atom. The van der Waals surface area contributed by atoms with Crippen LogP contribution in [-0.2, 0) is 6.54 Å². The molecule has 1 aromatic heterocycles. The van der Waals surface area contributed by atoms with Crippen molar-refractivity contribution in [3.8, 4) is 0 Å². The van der Waals surface area contributed by atoms with Crippen LogP contribution in [0.4, 0.5) is 0 Å². The predicted octanol–water partition coefficient (Wildman–Crippen LogP) is 1.64. The monoisotopic (exact) mass is 214 g/mol. The number of aliphatic hydroxyl groups is 1. The first-order chi connectivity index (χ1) is 6.74. The molecule has 0 saturated heterocycles. The van der Waals surface area contributed by atoms with Crippen LogP contribution in [0.25, 0.3) is 0 Å². The van der Waals surface area contributed by atoms with E-state index in [1.165, 1.54) is 0 Å². The molecule has 14 heavy (non-hydrogen) atoms. The number of nitrogens with zero attached hydrogens (tertiary/aromatic N) is 1. The molecule has 3 nitrogen and oxygen atoms in total. The molecule has 0 saturated carbocycles. The molecular weight excluding hydrogens is 196 g/mol. The van der Waals surface area contributed by atoms with Crippen LogP contribution < -0.4 is 5.32 Å². The number of thiazole rings is 1. The van der Waals surface area contributed by atoms with E-state index in [1.807, 2.05) is 11.6 Å². The van der Waals surface area contributed by atoms with Crippen LogP contribution in [0.3, 0.4) is 0 Å². The van der Waals surface area contributed by atoms with Crippen LogP contribution in [0.5, 0.6) is 0 Å². The normalized spacial score (nSPS) is 13.4. The summed E-state index contributed by atoms with van der Waals surface area (Å²) in [5, 5.41) is 15.4. The second-order valence-corrected chi connectivity index (χ2v) is 4.65. The van der Waals surface area contributed by atoms with Gasteiger partial charge in [0.2, 0.25) is 0 Å². The first kappa shape index (κ1) is 11.6. The van der Waals surface area contributed by atoms with Crippen molar-refractivity contribution in [3.05, 3.63) is 16.6 Å². The second-order valence-electron chi connectivity index (χ2n) is 3.67. The minimum Gasteiger partial charge on any atom is -0.396 e. The second kappa shape index (κ2) is 6.11. The van der Waals surface area contributed by atoms with Crippen molar-refractivity contribution in [1.82, 2.24) is 10.3 Å². The highest BCUT2D eigenvalue weighted by Gasteiger charge is 2.11. The van der Waals surface area contributed by atoms with E-state index >= 15 is 0 Å². The van der Waals surface area contributed by atoms with Gasteiger partial charge in [-0.25, -0.2) is 4.98 Å². The largest absolute Gasteiger partial charge is 0.396 e. The number of hydrogen-bond acceptors (Lipinski definition) is 4. The Morgan fingerprint density at radius 1 is 1.57 bits per heavy atom. The molecule has 0 radical (unpaired) electrons. The van der Waals surface area contributed by atoms with Gasteiger partial charge in [-0.1, -0.05) is 13.8 Å². The Bertz CT molecular complexity index is 236. The third-order valence-corrected chi connectivity index (χ3v) is 3.02. The molecule has 0 aliphatic rings. The number of hydrogen-bond donors (Lipinski definition) is 2. The van der Waals surface area contributed by atoms with Gasteiger partial charge in [-0.2, -0.15) is 0 Å². The summed E-state index contributed by atoms with van der Waals surface area (Å²) in [6.45, 7) is 5.37. The van der Waals surface area contributed by atoms with E-state index in [1.54, 1.807) is 11.3 Å². The Labute approximate surface area is 89.2 Å². The standard InChI is InChI=1S/C10H18N2OS/c1-8(2)9(3-5-13)12-7-10-11-4-6-14-10/h4,6,8-9,12-13H,3,5,7H2,1-2H3. The van der Waals surface area contributed by atoms with E-state index in [4.69, 9.17) is 5.11 Å². The fourth-order valence-corrected chi connectivity index (χ4v) is 1.94. The van der Waals surface area contributed by atoms with E-state index in [-0.39, 0.29) is 6.61 Å². The van der Waals surface area contributed by atoms with Crippen molar-refractivity contribution in [1.29, 1.82) is 0 Å².